The number of hydrogen-bond acceptors (Lipinski definition) is 6. The Morgan fingerprint density at radius 1 is 0.946 bits per heavy atom. The molecule has 13 heteroatoms. The summed E-state index contributed by atoms with van der Waals surface area (Å²) in [6, 6.07) is 11.5. The van der Waals surface area contributed by atoms with Gasteiger partial charge in [-0.1, -0.05) is 30.3 Å². The van der Waals surface area contributed by atoms with Crippen molar-refractivity contribution in [1.29, 1.82) is 0 Å². The molecule has 37 heavy (non-hydrogen) atoms. The van der Waals surface area contributed by atoms with E-state index in [2.05, 4.69) is 15.4 Å². The van der Waals surface area contributed by atoms with E-state index in [0.717, 1.165) is 24.3 Å². The van der Waals surface area contributed by atoms with Gasteiger partial charge in [0.2, 0.25) is 10.0 Å². The molecule has 3 aromatic carbocycles. The highest BCUT2D eigenvalue weighted by molar-refractivity contribution is 7.91. The van der Waals surface area contributed by atoms with Crippen molar-refractivity contribution >= 4 is 33.1 Å². The molecule has 1 fully saturated rings. The van der Waals surface area contributed by atoms with E-state index in [4.69, 9.17) is 0 Å². The van der Waals surface area contributed by atoms with Crippen molar-refractivity contribution in [1.82, 2.24) is 5.32 Å². The summed E-state index contributed by atoms with van der Waals surface area (Å²) in [5.74, 6) is -0.355. The Morgan fingerprint density at radius 2 is 1.57 bits per heavy atom. The van der Waals surface area contributed by atoms with Crippen LogP contribution in [0.4, 0.5) is 35.0 Å². The zero-order valence-corrected chi connectivity index (χ0v) is 20.2. The molecule has 0 unspecified atom stereocenters. The number of nitrogens with one attached hydrogen (secondary N) is 3. The third-order valence-electron chi connectivity index (χ3n) is 5.96. The summed E-state index contributed by atoms with van der Waals surface area (Å²) in [4.78, 5) is 38.2. The van der Waals surface area contributed by atoms with Crippen molar-refractivity contribution in [2.45, 2.75) is 30.8 Å². The van der Waals surface area contributed by atoms with Gasteiger partial charge in [-0.2, -0.15) is 13.2 Å². The number of sulfonamides is 1. The molecule has 0 bridgehead atoms. The first-order valence-corrected chi connectivity index (χ1v) is 13.0. The maximum atomic E-state index is 12.7. The van der Waals surface area contributed by atoms with Crippen LogP contribution in [0.2, 0.25) is 0 Å². The molecule has 4 rings (SSSR count). The van der Waals surface area contributed by atoms with Gasteiger partial charge in [0, 0.05) is 24.8 Å². The predicted molar refractivity (Wildman–Crippen MR) is 133 cm³/mol. The summed E-state index contributed by atoms with van der Waals surface area (Å²) in [5, 5.41) is 5.20. The average Bonchev–Trinajstić information content (AvgIpc) is 2.84. The highest BCUT2D eigenvalue weighted by atomic mass is 32.2. The second kappa shape index (κ2) is 10.2. The first-order valence-electron chi connectivity index (χ1n) is 11.3. The number of alkyl halides is 3. The fourth-order valence-electron chi connectivity index (χ4n) is 4.10. The third kappa shape index (κ3) is 6.28. The molecule has 1 aliphatic rings. The quantitative estimate of drug-likeness (QED) is 0.399. The molecule has 3 N–H and O–H groups in total. The standard InChI is InChI=1S/C24H23F3N4O5S/c25-24(26,27)16-6-8-17(9-7-16)28-23(34)29-18-10-12-31(13-11-18)20-19(21(32)22(20)33)30-37(35,36)14-15-4-2-1-3-5-15/h1-9,18,30H,10-14H2,(H2,28,29,34). The number of piperidine rings is 1. The van der Waals surface area contributed by atoms with Crippen LogP contribution in [0, 0.1) is 0 Å². The van der Waals surface area contributed by atoms with Crippen LogP contribution < -0.4 is 31.1 Å². The smallest absolute Gasteiger partial charge is 0.366 e. The average molecular weight is 537 g/mol. The van der Waals surface area contributed by atoms with Crippen molar-refractivity contribution < 1.29 is 26.4 Å². The highest BCUT2D eigenvalue weighted by Gasteiger charge is 2.32. The van der Waals surface area contributed by atoms with E-state index in [1.54, 1.807) is 35.2 Å². The second-order valence-electron chi connectivity index (χ2n) is 8.66. The van der Waals surface area contributed by atoms with Gasteiger partial charge in [0.15, 0.2) is 0 Å². The number of carbonyl (C=O) groups excluding carboxylic acids is 1. The van der Waals surface area contributed by atoms with Crippen LogP contribution >= 0.6 is 0 Å². The molecule has 196 valence electrons. The van der Waals surface area contributed by atoms with Crippen LogP contribution in [-0.2, 0) is 22.0 Å². The molecule has 3 aromatic rings. The predicted octanol–water partition coefficient (Wildman–Crippen LogP) is 3.03. The number of halogens is 3. The van der Waals surface area contributed by atoms with Crippen LogP contribution in [-0.4, -0.2) is 33.6 Å². The van der Waals surface area contributed by atoms with E-state index in [1.807, 2.05) is 0 Å². The monoisotopic (exact) mass is 536 g/mol. The number of carbonyl (C=O) groups is 1. The molecule has 1 saturated heterocycles. The molecule has 1 heterocycles. The molecular formula is C24H23F3N4O5S. The Labute approximate surface area is 210 Å². The summed E-state index contributed by atoms with van der Waals surface area (Å²) in [6.45, 7) is 0.562. The van der Waals surface area contributed by atoms with Gasteiger partial charge in [-0.3, -0.25) is 14.3 Å². The van der Waals surface area contributed by atoms with E-state index >= 15 is 0 Å². The largest absolute Gasteiger partial charge is 0.416 e. The van der Waals surface area contributed by atoms with Crippen molar-refractivity contribution in [2.75, 3.05) is 28.0 Å². The number of amides is 2. The minimum absolute atomic E-state index is 0.00860. The van der Waals surface area contributed by atoms with Gasteiger partial charge in [0.1, 0.15) is 11.4 Å². The Morgan fingerprint density at radius 3 is 2.16 bits per heavy atom. The van der Waals surface area contributed by atoms with E-state index in [0.29, 0.717) is 18.4 Å². The number of benzene rings is 2. The maximum Gasteiger partial charge on any atom is 0.416 e. The fraction of sp³-hybridized carbons (Fsp3) is 0.292. The Bertz CT molecular complexity index is 1440. The van der Waals surface area contributed by atoms with Gasteiger partial charge in [-0.15, -0.1) is 0 Å². The lowest BCUT2D eigenvalue weighted by molar-refractivity contribution is -0.137. The molecule has 0 aromatic heterocycles. The minimum Gasteiger partial charge on any atom is -0.366 e. The lowest BCUT2D eigenvalue weighted by atomic mass is 10.0. The van der Waals surface area contributed by atoms with E-state index in [9.17, 15) is 36.0 Å². The third-order valence-corrected chi connectivity index (χ3v) is 7.19. The van der Waals surface area contributed by atoms with Crippen molar-refractivity contribution in [2.24, 2.45) is 0 Å². The van der Waals surface area contributed by atoms with Crippen LogP contribution in [0.25, 0.3) is 0 Å². The van der Waals surface area contributed by atoms with Crippen LogP contribution in [0.5, 0.6) is 0 Å². The number of hydrogen-bond donors (Lipinski definition) is 3. The van der Waals surface area contributed by atoms with Gasteiger partial charge in [-0.05, 0) is 42.7 Å². The van der Waals surface area contributed by atoms with Crippen LogP contribution in [0.3, 0.4) is 0 Å². The Kier molecular flexibility index (Phi) is 7.25. The normalized spacial score (nSPS) is 14.9. The molecule has 0 spiro atoms. The summed E-state index contributed by atoms with van der Waals surface area (Å²) in [6.07, 6.45) is -3.68. The van der Waals surface area contributed by atoms with Crippen LogP contribution in [0.1, 0.15) is 24.0 Å². The first-order chi connectivity index (χ1) is 17.4. The van der Waals surface area contributed by atoms with Gasteiger partial charge < -0.3 is 15.5 Å². The minimum atomic E-state index is -4.47. The zero-order valence-electron chi connectivity index (χ0n) is 19.3. The molecule has 0 aliphatic carbocycles. The van der Waals surface area contributed by atoms with Gasteiger partial charge in [0.25, 0.3) is 10.9 Å². The second-order valence-corrected chi connectivity index (χ2v) is 10.4. The van der Waals surface area contributed by atoms with Gasteiger partial charge >= 0.3 is 12.2 Å². The number of nitrogens with zero attached hydrogens (tertiary/aromatic N) is 1. The fourth-order valence-corrected chi connectivity index (χ4v) is 5.31. The van der Waals surface area contributed by atoms with Crippen molar-refractivity contribution in [3.05, 3.63) is 86.2 Å². The van der Waals surface area contributed by atoms with Crippen molar-refractivity contribution in [3.63, 3.8) is 0 Å². The number of rotatable bonds is 7. The molecular weight excluding hydrogens is 513 g/mol. The Balaban J connectivity index is 1.32. The maximum absolute atomic E-state index is 12.7. The first kappa shape index (κ1) is 26.2. The number of anilines is 3. The van der Waals surface area contributed by atoms with Gasteiger partial charge in [0.05, 0.1) is 11.3 Å². The molecule has 2 amide bonds. The van der Waals surface area contributed by atoms with E-state index in [1.165, 1.54) is 0 Å². The summed E-state index contributed by atoms with van der Waals surface area (Å²) >= 11 is 0. The highest BCUT2D eigenvalue weighted by Crippen LogP contribution is 2.30. The SMILES string of the molecule is O=C(Nc1ccc(C(F)(F)F)cc1)NC1CCN(c2c(NS(=O)(=O)Cc3ccccc3)c(=O)c2=O)CC1. The zero-order chi connectivity index (χ0) is 26.8. The van der Waals surface area contributed by atoms with Crippen molar-refractivity contribution in [3.8, 4) is 0 Å². The molecule has 9 nitrogen and oxygen atoms in total. The lowest BCUT2D eigenvalue weighted by Crippen LogP contribution is -2.50. The molecule has 0 saturated carbocycles. The number of urea groups is 1. The summed E-state index contributed by atoms with van der Waals surface area (Å²) in [5.41, 5.74) is -2.03. The topological polar surface area (TPSA) is 125 Å². The van der Waals surface area contributed by atoms with E-state index < -0.39 is 38.7 Å². The van der Waals surface area contributed by atoms with Crippen LogP contribution in [0.15, 0.2) is 64.2 Å². The summed E-state index contributed by atoms with van der Waals surface area (Å²) < 4.78 is 65.3. The molecule has 1 aliphatic heterocycles. The summed E-state index contributed by atoms with van der Waals surface area (Å²) in [7, 11) is -3.93. The Hall–Kier alpha value is -3.87. The molecule has 0 radical (unpaired) electrons. The van der Waals surface area contributed by atoms with Gasteiger partial charge in [-0.25, -0.2) is 13.2 Å². The van der Waals surface area contributed by atoms with E-state index in [-0.39, 0.29) is 41.9 Å². The molecule has 0 atom stereocenters. The lowest BCUT2D eigenvalue weighted by Gasteiger charge is -2.35.